The molecule has 0 saturated heterocycles. The Labute approximate surface area is 163 Å². The molecule has 0 radical (unpaired) electrons. The predicted molar refractivity (Wildman–Crippen MR) is 100 cm³/mol. The molecule has 3 aromatic rings. The molecule has 0 fully saturated rings. The summed E-state index contributed by atoms with van der Waals surface area (Å²) in [6.07, 6.45) is -3.34. The third-order valence-electron chi connectivity index (χ3n) is 4.09. The number of hydrogen-bond acceptors (Lipinski definition) is 4. The van der Waals surface area contributed by atoms with Gasteiger partial charge < -0.3 is 15.1 Å². The number of rotatable bonds is 5. The second-order valence-electron chi connectivity index (χ2n) is 6.13. The fraction of sp³-hybridized carbons (Fsp3) is 0.150. The fourth-order valence-electron chi connectivity index (χ4n) is 2.67. The van der Waals surface area contributed by atoms with Crippen LogP contribution in [0.2, 0.25) is 0 Å². The van der Waals surface area contributed by atoms with Crippen molar-refractivity contribution in [3.63, 3.8) is 0 Å². The molecular weight excluding hydrogens is 387 g/mol. The number of nitrogens with zero attached hydrogens (tertiary/aromatic N) is 1. The predicted octanol–water partition coefficient (Wildman–Crippen LogP) is 4.21. The number of halogens is 3. The van der Waals surface area contributed by atoms with Gasteiger partial charge in [0.1, 0.15) is 5.52 Å². The van der Waals surface area contributed by atoms with Gasteiger partial charge in [0.2, 0.25) is 5.91 Å². The minimum absolute atomic E-state index is 0.0636. The maximum absolute atomic E-state index is 12.7. The molecule has 0 aliphatic rings. The summed E-state index contributed by atoms with van der Waals surface area (Å²) in [6, 6.07) is 7.12. The summed E-state index contributed by atoms with van der Waals surface area (Å²) in [5, 5.41) is 5.26. The molecule has 1 aromatic heterocycles. The molecule has 0 aliphatic heterocycles. The van der Waals surface area contributed by atoms with Crippen molar-refractivity contribution in [2.45, 2.75) is 19.6 Å². The summed E-state index contributed by atoms with van der Waals surface area (Å²) in [4.78, 5) is 28.1. The second-order valence-corrected chi connectivity index (χ2v) is 6.13. The zero-order valence-electron chi connectivity index (χ0n) is 15.3. The van der Waals surface area contributed by atoms with E-state index in [1.54, 1.807) is 19.1 Å². The van der Waals surface area contributed by atoms with Gasteiger partial charge in [-0.05, 0) is 36.4 Å². The lowest BCUT2D eigenvalue weighted by Gasteiger charge is -2.10. The maximum atomic E-state index is 12.7. The Balaban J connectivity index is 1.85. The smallest absolute Gasteiger partial charge is 0.416 e. The van der Waals surface area contributed by atoms with E-state index in [1.807, 2.05) is 0 Å². The molecule has 29 heavy (non-hydrogen) atoms. The first-order chi connectivity index (χ1) is 13.7. The first-order valence-electron chi connectivity index (χ1n) is 8.47. The lowest BCUT2D eigenvalue weighted by molar-refractivity contribution is -0.137. The topological polar surface area (TPSA) is 84.2 Å². The number of aryl methyl sites for hydroxylation is 1. The Hall–Kier alpha value is -3.62. The van der Waals surface area contributed by atoms with Crippen molar-refractivity contribution >= 4 is 28.6 Å². The van der Waals surface area contributed by atoms with Crippen molar-refractivity contribution in [3.8, 4) is 0 Å². The summed E-state index contributed by atoms with van der Waals surface area (Å²) in [5.74, 6) is -0.588. The summed E-state index contributed by atoms with van der Waals surface area (Å²) < 4.78 is 43.6. The average molecular weight is 403 g/mol. The van der Waals surface area contributed by atoms with Crippen LogP contribution in [0.5, 0.6) is 0 Å². The molecule has 0 aliphatic carbocycles. The van der Waals surface area contributed by atoms with E-state index < -0.39 is 17.6 Å². The molecule has 0 bridgehead atoms. The van der Waals surface area contributed by atoms with Gasteiger partial charge in [-0.2, -0.15) is 13.2 Å². The first kappa shape index (κ1) is 20.1. The molecule has 3 rings (SSSR count). The number of oxazole rings is 1. The highest BCUT2D eigenvalue weighted by Crippen LogP contribution is 2.30. The van der Waals surface area contributed by atoms with Crippen LogP contribution in [0.15, 0.2) is 53.5 Å². The zero-order chi connectivity index (χ0) is 21.2. The first-order valence-corrected chi connectivity index (χ1v) is 8.47. The summed E-state index contributed by atoms with van der Waals surface area (Å²) >= 11 is 0. The Bertz CT molecular complexity index is 1090. The minimum Gasteiger partial charge on any atom is -0.441 e. The Kier molecular flexibility index (Phi) is 5.40. The van der Waals surface area contributed by atoms with Crippen LogP contribution < -0.4 is 10.6 Å². The van der Waals surface area contributed by atoms with Crippen LogP contribution in [0.3, 0.4) is 0 Å². The van der Waals surface area contributed by atoms with Gasteiger partial charge in [-0.3, -0.25) is 9.59 Å². The van der Waals surface area contributed by atoms with Crippen LogP contribution in [0, 0.1) is 6.92 Å². The molecule has 9 heteroatoms. The molecule has 1 heterocycles. The number of anilines is 1. The Morgan fingerprint density at radius 3 is 2.48 bits per heavy atom. The lowest BCUT2D eigenvalue weighted by atomic mass is 10.1. The highest BCUT2D eigenvalue weighted by molar-refractivity contribution is 6.08. The quantitative estimate of drug-likeness (QED) is 0.625. The number of amides is 2. The molecule has 0 unspecified atom stereocenters. The van der Waals surface area contributed by atoms with E-state index >= 15 is 0 Å². The van der Waals surface area contributed by atoms with E-state index in [-0.39, 0.29) is 18.0 Å². The highest BCUT2D eigenvalue weighted by atomic mass is 19.4. The van der Waals surface area contributed by atoms with Crippen molar-refractivity contribution in [2.24, 2.45) is 0 Å². The van der Waals surface area contributed by atoms with Crippen LogP contribution in [-0.4, -0.2) is 16.8 Å². The number of alkyl halides is 3. The van der Waals surface area contributed by atoms with Crippen LogP contribution in [0.25, 0.3) is 11.1 Å². The van der Waals surface area contributed by atoms with Gasteiger partial charge in [0.05, 0.1) is 11.3 Å². The number of carbonyl (C=O) groups excluding carboxylic acids is 2. The van der Waals surface area contributed by atoms with Crippen LogP contribution >= 0.6 is 0 Å². The normalized spacial score (nSPS) is 11.3. The van der Waals surface area contributed by atoms with E-state index in [9.17, 15) is 22.8 Å². The van der Waals surface area contributed by atoms with Gasteiger partial charge in [0.15, 0.2) is 11.5 Å². The monoisotopic (exact) mass is 403 g/mol. The number of aromatic nitrogens is 1. The van der Waals surface area contributed by atoms with Crippen LogP contribution in [0.1, 0.15) is 27.4 Å². The van der Waals surface area contributed by atoms with E-state index in [2.05, 4.69) is 22.2 Å². The lowest BCUT2D eigenvalue weighted by Crippen LogP contribution is -2.20. The number of carbonyl (C=O) groups is 2. The van der Waals surface area contributed by atoms with Gasteiger partial charge in [0, 0.05) is 24.6 Å². The number of fused-ring (bicyclic) bond motifs is 1. The van der Waals surface area contributed by atoms with E-state index in [4.69, 9.17) is 4.42 Å². The van der Waals surface area contributed by atoms with Gasteiger partial charge in [0.25, 0.3) is 5.91 Å². The molecular formula is C20H16F3N3O3. The minimum atomic E-state index is -4.48. The fourth-order valence-corrected chi connectivity index (χ4v) is 2.67. The molecule has 150 valence electrons. The highest BCUT2D eigenvalue weighted by Gasteiger charge is 2.30. The van der Waals surface area contributed by atoms with Crippen molar-refractivity contribution in [1.29, 1.82) is 0 Å². The zero-order valence-corrected chi connectivity index (χ0v) is 15.3. The van der Waals surface area contributed by atoms with E-state index in [1.165, 1.54) is 0 Å². The number of hydrogen-bond donors (Lipinski definition) is 2. The molecule has 2 amide bonds. The van der Waals surface area contributed by atoms with Gasteiger partial charge in [-0.15, -0.1) is 0 Å². The van der Waals surface area contributed by atoms with Crippen molar-refractivity contribution in [1.82, 2.24) is 10.3 Å². The van der Waals surface area contributed by atoms with Crippen molar-refractivity contribution in [2.75, 3.05) is 5.32 Å². The summed E-state index contributed by atoms with van der Waals surface area (Å²) in [7, 11) is 0. The van der Waals surface area contributed by atoms with Gasteiger partial charge in [-0.25, -0.2) is 4.98 Å². The number of nitrogens with one attached hydrogen (secondary N) is 2. The van der Waals surface area contributed by atoms with Crippen LogP contribution in [-0.2, 0) is 17.5 Å². The number of benzene rings is 2. The largest absolute Gasteiger partial charge is 0.441 e. The van der Waals surface area contributed by atoms with Crippen molar-refractivity contribution < 1.29 is 27.2 Å². The van der Waals surface area contributed by atoms with E-state index in [0.29, 0.717) is 28.2 Å². The molecule has 0 spiro atoms. The molecule has 2 N–H and O–H groups in total. The second kappa shape index (κ2) is 7.78. The van der Waals surface area contributed by atoms with E-state index in [0.717, 1.165) is 30.3 Å². The maximum Gasteiger partial charge on any atom is 0.416 e. The third-order valence-corrected chi connectivity index (χ3v) is 4.09. The van der Waals surface area contributed by atoms with Gasteiger partial charge in [-0.1, -0.05) is 12.6 Å². The van der Waals surface area contributed by atoms with Gasteiger partial charge >= 0.3 is 6.18 Å². The van der Waals surface area contributed by atoms with Crippen LogP contribution in [0.4, 0.5) is 18.9 Å². The third kappa shape index (κ3) is 4.45. The Morgan fingerprint density at radius 2 is 1.86 bits per heavy atom. The molecule has 2 aromatic carbocycles. The average Bonchev–Trinajstić information content (AvgIpc) is 3.08. The Morgan fingerprint density at radius 1 is 1.17 bits per heavy atom. The molecule has 0 atom stereocenters. The molecule has 0 saturated carbocycles. The standard InChI is InChI=1S/C20H16F3N3O3/c1-3-16(27)24-10-13-6-9-15(17-18(13)29-11(2)25-17)26-19(28)12-4-7-14(8-5-12)20(21,22)23/h3-9H,1,10H2,2H3,(H,24,27)(H,26,28). The summed E-state index contributed by atoms with van der Waals surface area (Å²) in [6.45, 7) is 5.18. The van der Waals surface area contributed by atoms with Crippen molar-refractivity contribution in [3.05, 3.63) is 71.6 Å². The SMILES string of the molecule is C=CC(=O)NCc1ccc(NC(=O)c2ccc(C(F)(F)F)cc2)c2nc(C)oc12. The molecule has 6 nitrogen and oxygen atoms in total. The summed E-state index contributed by atoms with van der Waals surface area (Å²) in [5.41, 5.74) is 0.956.